The number of ether oxygens (including phenoxy) is 1. The van der Waals surface area contributed by atoms with E-state index in [1.807, 2.05) is 30.9 Å². The molecule has 3 aromatic rings. The highest BCUT2D eigenvalue weighted by Crippen LogP contribution is 2.33. The van der Waals surface area contributed by atoms with Gasteiger partial charge in [0.15, 0.2) is 0 Å². The first-order valence-electron chi connectivity index (χ1n) is 12.4. The number of nitrogens with zero attached hydrogens (tertiary/aromatic N) is 4. The minimum absolute atomic E-state index is 0.0140. The molecule has 37 heavy (non-hydrogen) atoms. The second-order valence-electron chi connectivity index (χ2n) is 10.3. The Kier molecular flexibility index (Phi) is 6.82. The number of halogens is 1. The fraction of sp³-hybridized carbons (Fsp3) is 0.462. The Labute approximate surface area is 219 Å². The average Bonchev–Trinajstić information content (AvgIpc) is 3.22. The van der Waals surface area contributed by atoms with E-state index in [-0.39, 0.29) is 30.9 Å². The fourth-order valence-corrected chi connectivity index (χ4v) is 5.36. The number of rotatable bonds is 4. The van der Waals surface area contributed by atoms with Gasteiger partial charge < -0.3 is 24.8 Å². The number of hydrogen-bond acceptors (Lipinski definition) is 6. The molecule has 0 spiro atoms. The molecule has 2 aliphatic rings. The predicted octanol–water partition coefficient (Wildman–Crippen LogP) is 2.48. The summed E-state index contributed by atoms with van der Waals surface area (Å²) in [5.41, 5.74) is 1.65. The molecule has 10 nitrogen and oxygen atoms in total. The number of pyridine rings is 1. The molecule has 2 saturated heterocycles. The van der Waals surface area contributed by atoms with Crippen molar-refractivity contribution in [3.63, 3.8) is 0 Å². The lowest BCUT2D eigenvalue weighted by molar-refractivity contribution is -0.152. The van der Waals surface area contributed by atoms with Gasteiger partial charge in [0.2, 0.25) is 17.7 Å². The molecular formula is C26H31ClN6O4. The molecule has 2 N–H and O–H groups in total. The third-order valence-electron chi connectivity index (χ3n) is 7.11. The van der Waals surface area contributed by atoms with Crippen LogP contribution in [-0.2, 0) is 19.1 Å². The van der Waals surface area contributed by atoms with E-state index in [0.717, 1.165) is 21.8 Å². The molecule has 11 heteroatoms. The molecule has 2 aliphatic heterocycles. The maximum atomic E-state index is 13.6. The molecule has 0 unspecified atom stereocenters. The molecule has 1 aromatic carbocycles. The number of benzene rings is 1. The van der Waals surface area contributed by atoms with Crippen LogP contribution >= 0.6 is 11.6 Å². The first-order chi connectivity index (χ1) is 17.6. The summed E-state index contributed by atoms with van der Waals surface area (Å²) in [6.45, 7) is 8.11. The van der Waals surface area contributed by atoms with E-state index in [9.17, 15) is 14.4 Å². The van der Waals surface area contributed by atoms with Crippen LogP contribution in [0, 0.1) is 0 Å². The van der Waals surface area contributed by atoms with Crippen molar-refractivity contribution in [2.75, 3.05) is 51.2 Å². The van der Waals surface area contributed by atoms with Crippen molar-refractivity contribution >= 4 is 56.8 Å². The van der Waals surface area contributed by atoms with Gasteiger partial charge in [-0.25, -0.2) is 0 Å². The summed E-state index contributed by atoms with van der Waals surface area (Å²) in [5, 5.41) is 5.37. The number of aromatic nitrogens is 2. The number of H-pyrrole nitrogens is 1. The first-order valence-corrected chi connectivity index (χ1v) is 12.8. The number of morpholine rings is 1. The number of anilines is 1. The van der Waals surface area contributed by atoms with Gasteiger partial charge in [-0.3, -0.25) is 24.3 Å². The maximum Gasteiger partial charge on any atom is 0.244 e. The van der Waals surface area contributed by atoms with Crippen LogP contribution in [0.4, 0.5) is 5.69 Å². The number of nitrogens with one attached hydrogen (secondary N) is 2. The molecule has 0 bridgehead atoms. The van der Waals surface area contributed by atoms with Crippen molar-refractivity contribution in [1.82, 2.24) is 24.7 Å². The molecule has 4 heterocycles. The van der Waals surface area contributed by atoms with E-state index in [1.54, 1.807) is 28.3 Å². The third-order valence-corrected chi connectivity index (χ3v) is 7.33. The van der Waals surface area contributed by atoms with E-state index in [4.69, 9.17) is 16.3 Å². The van der Waals surface area contributed by atoms with Gasteiger partial charge >= 0.3 is 0 Å². The first kappa shape index (κ1) is 25.4. The van der Waals surface area contributed by atoms with Crippen LogP contribution in [0.15, 0.2) is 30.6 Å². The van der Waals surface area contributed by atoms with Crippen LogP contribution in [0.3, 0.4) is 0 Å². The van der Waals surface area contributed by atoms with Crippen molar-refractivity contribution in [2.24, 2.45) is 0 Å². The SMILES string of the molecule is CC(=O)N1CCN(C(=O)CN2CC(C)(C)OC[C@H]2C(=O)Nc2cc(Cl)cc3c2[nH]c2cnccc23)CC1. The Hall–Kier alpha value is -3.21. The molecule has 1 atom stereocenters. The summed E-state index contributed by atoms with van der Waals surface area (Å²) < 4.78 is 5.98. The van der Waals surface area contributed by atoms with Crippen LogP contribution in [0.25, 0.3) is 21.8 Å². The largest absolute Gasteiger partial charge is 0.372 e. The molecule has 0 radical (unpaired) electrons. The number of hydrogen-bond donors (Lipinski definition) is 2. The van der Waals surface area contributed by atoms with Gasteiger partial charge in [0.05, 0.1) is 41.7 Å². The minimum atomic E-state index is -0.657. The van der Waals surface area contributed by atoms with Crippen molar-refractivity contribution in [2.45, 2.75) is 32.4 Å². The topological polar surface area (TPSA) is 111 Å². The standard InChI is InChI=1S/C26H31ClN6O4/c1-16(34)31-6-8-32(9-7-31)23(35)13-33-15-26(2,3)37-14-22(33)25(36)30-20-11-17(27)10-19-18-4-5-28-12-21(18)29-24(19)20/h4-5,10-12,22,29H,6-9,13-15H2,1-3H3,(H,30,36)/t22-/m0/s1. The summed E-state index contributed by atoms with van der Waals surface area (Å²) in [7, 11) is 0. The smallest absolute Gasteiger partial charge is 0.244 e. The van der Waals surface area contributed by atoms with Gasteiger partial charge in [0.25, 0.3) is 0 Å². The van der Waals surface area contributed by atoms with Crippen LogP contribution < -0.4 is 5.32 Å². The number of carbonyl (C=O) groups is 3. The molecule has 2 aromatic heterocycles. The highest BCUT2D eigenvalue weighted by Gasteiger charge is 2.39. The predicted molar refractivity (Wildman–Crippen MR) is 141 cm³/mol. The monoisotopic (exact) mass is 526 g/mol. The van der Waals surface area contributed by atoms with E-state index < -0.39 is 11.6 Å². The molecule has 3 amide bonds. The maximum absolute atomic E-state index is 13.6. The fourth-order valence-electron chi connectivity index (χ4n) is 5.14. The second-order valence-corrected chi connectivity index (χ2v) is 10.7. The second kappa shape index (κ2) is 9.92. The molecule has 0 aliphatic carbocycles. The third kappa shape index (κ3) is 5.27. The zero-order valence-electron chi connectivity index (χ0n) is 21.2. The summed E-state index contributed by atoms with van der Waals surface area (Å²) in [6.07, 6.45) is 3.44. The van der Waals surface area contributed by atoms with Crippen molar-refractivity contribution in [1.29, 1.82) is 0 Å². The van der Waals surface area contributed by atoms with E-state index in [2.05, 4.69) is 15.3 Å². The lowest BCUT2D eigenvalue weighted by Crippen LogP contribution is -2.61. The van der Waals surface area contributed by atoms with Gasteiger partial charge in [-0.15, -0.1) is 0 Å². The van der Waals surface area contributed by atoms with Crippen molar-refractivity contribution < 1.29 is 19.1 Å². The van der Waals surface area contributed by atoms with Crippen molar-refractivity contribution in [3.8, 4) is 0 Å². The Bertz CT molecular complexity index is 1360. The number of fused-ring (bicyclic) bond motifs is 3. The lowest BCUT2D eigenvalue weighted by Gasteiger charge is -2.43. The van der Waals surface area contributed by atoms with E-state index in [0.29, 0.717) is 43.4 Å². The highest BCUT2D eigenvalue weighted by atomic mass is 35.5. The molecule has 196 valence electrons. The van der Waals surface area contributed by atoms with Gasteiger partial charge in [0, 0.05) is 61.6 Å². The van der Waals surface area contributed by atoms with Crippen LogP contribution in [0.2, 0.25) is 5.02 Å². The highest BCUT2D eigenvalue weighted by molar-refractivity contribution is 6.33. The zero-order chi connectivity index (χ0) is 26.3. The van der Waals surface area contributed by atoms with Crippen LogP contribution in [0.5, 0.6) is 0 Å². The molecular weight excluding hydrogens is 496 g/mol. The van der Waals surface area contributed by atoms with Gasteiger partial charge in [-0.05, 0) is 32.0 Å². The molecule has 0 saturated carbocycles. The number of amides is 3. The van der Waals surface area contributed by atoms with E-state index >= 15 is 0 Å². The quantitative estimate of drug-likeness (QED) is 0.540. The Balaban J connectivity index is 1.35. The summed E-state index contributed by atoms with van der Waals surface area (Å²) in [4.78, 5) is 51.2. The van der Waals surface area contributed by atoms with Crippen LogP contribution in [0.1, 0.15) is 20.8 Å². The lowest BCUT2D eigenvalue weighted by atomic mass is 10.0. The summed E-state index contributed by atoms with van der Waals surface area (Å²) >= 11 is 6.41. The Morgan fingerprint density at radius 1 is 1.16 bits per heavy atom. The summed E-state index contributed by atoms with van der Waals surface area (Å²) in [5.74, 6) is -0.322. The number of piperazine rings is 1. The summed E-state index contributed by atoms with van der Waals surface area (Å²) in [6, 6.07) is 4.81. The minimum Gasteiger partial charge on any atom is -0.372 e. The van der Waals surface area contributed by atoms with Gasteiger partial charge in [0.1, 0.15) is 6.04 Å². The Morgan fingerprint density at radius 3 is 2.62 bits per heavy atom. The molecule has 2 fully saturated rings. The van der Waals surface area contributed by atoms with Crippen LogP contribution in [-0.4, -0.2) is 99.9 Å². The zero-order valence-corrected chi connectivity index (χ0v) is 22.0. The van der Waals surface area contributed by atoms with Gasteiger partial charge in [-0.1, -0.05) is 11.6 Å². The average molecular weight is 527 g/mol. The number of aromatic amines is 1. The van der Waals surface area contributed by atoms with Gasteiger partial charge in [-0.2, -0.15) is 0 Å². The Morgan fingerprint density at radius 2 is 1.89 bits per heavy atom. The molecule has 5 rings (SSSR count). The van der Waals surface area contributed by atoms with Crippen molar-refractivity contribution in [3.05, 3.63) is 35.6 Å². The normalized spacial score (nSPS) is 20.4. The van der Waals surface area contributed by atoms with E-state index in [1.165, 1.54) is 6.92 Å². The number of carbonyl (C=O) groups excluding carboxylic acids is 3.